The molecule has 0 aromatic heterocycles. The van der Waals surface area contributed by atoms with Crippen molar-refractivity contribution in [3.63, 3.8) is 0 Å². The lowest BCUT2D eigenvalue weighted by molar-refractivity contribution is -0.133. The molecular formula is C14H25NO2. The lowest BCUT2D eigenvalue weighted by Gasteiger charge is -2.21. The van der Waals surface area contributed by atoms with Crippen LogP contribution in [0.3, 0.4) is 0 Å². The van der Waals surface area contributed by atoms with Gasteiger partial charge in [-0.1, -0.05) is 20.8 Å². The maximum absolute atomic E-state index is 12.1. The van der Waals surface area contributed by atoms with E-state index in [0.29, 0.717) is 30.6 Å². The third-order valence-electron chi connectivity index (χ3n) is 3.78. The standard InChI is InChI=1S/C14H25NO2/c1-5-12(16)7-6-8-15-11(4)9-13(10(2)3)14(15)17/h10-11,13H,5-9H2,1-4H3. The van der Waals surface area contributed by atoms with Crippen LogP contribution in [-0.4, -0.2) is 29.2 Å². The summed E-state index contributed by atoms with van der Waals surface area (Å²) in [7, 11) is 0. The third kappa shape index (κ3) is 3.55. The van der Waals surface area contributed by atoms with E-state index in [0.717, 1.165) is 19.4 Å². The van der Waals surface area contributed by atoms with Gasteiger partial charge in [-0.05, 0) is 25.7 Å². The second-order valence-corrected chi connectivity index (χ2v) is 5.46. The minimum atomic E-state index is 0.187. The fourth-order valence-electron chi connectivity index (χ4n) is 2.54. The monoisotopic (exact) mass is 239 g/mol. The molecule has 98 valence electrons. The minimum Gasteiger partial charge on any atom is -0.340 e. The molecule has 0 aromatic rings. The van der Waals surface area contributed by atoms with Gasteiger partial charge in [-0.2, -0.15) is 0 Å². The van der Waals surface area contributed by atoms with Gasteiger partial charge in [-0.25, -0.2) is 0 Å². The summed E-state index contributed by atoms with van der Waals surface area (Å²) in [5, 5.41) is 0. The van der Waals surface area contributed by atoms with Crippen LogP contribution in [0, 0.1) is 11.8 Å². The Labute approximate surface area is 105 Å². The number of amides is 1. The van der Waals surface area contributed by atoms with E-state index in [1.807, 2.05) is 11.8 Å². The van der Waals surface area contributed by atoms with Crippen LogP contribution < -0.4 is 0 Å². The molecule has 0 aromatic carbocycles. The lowest BCUT2D eigenvalue weighted by atomic mass is 9.93. The molecule has 0 aliphatic carbocycles. The summed E-state index contributed by atoms with van der Waals surface area (Å²) in [4.78, 5) is 25.3. The van der Waals surface area contributed by atoms with Crippen molar-refractivity contribution in [3.05, 3.63) is 0 Å². The predicted octanol–water partition coefficient (Wildman–Crippen LogP) is 2.64. The Balaban J connectivity index is 2.43. The molecular weight excluding hydrogens is 214 g/mol. The minimum absolute atomic E-state index is 0.187. The highest BCUT2D eigenvalue weighted by Gasteiger charge is 2.37. The van der Waals surface area contributed by atoms with E-state index in [1.54, 1.807) is 0 Å². The molecule has 0 N–H and O–H groups in total. The quantitative estimate of drug-likeness (QED) is 0.714. The van der Waals surface area contributed by atoms with Crippen LogP contribution in [0.1, 0.15) is 53.4 Å². The molecule has 0 spiro atoms. The average molecular weight is 239 g/mol. The van der Waals surface area contributed by atoms with E-state index in [2.05, 4.69) is 20.8 Å². The van der Waals surface area contributed by atoms with Crippen molar-refractivity contribution < 1.29 is 9.59 Å². The summed E-state index contributed by atoms with van der Waals surface area (Å²) in [6, 6.07) is 0.339. The van der Waals surface area contributed by atoms with Gasteiger partial charge >= 0.3 is 0 Å². The molecule has 0 radical (unpaired) electrons. The summed E-state index contributed by atoms with van der Waals surface area (Å²) >= 11 is 0. The first kappa shape index (κ1) is 14.2. The zero-order valence-corrected chi connectivity index (χ0v) is 11.5. The van der Waals surface area contributed by atoms with Gasteiger partial charge in [0.05, 0.1) is 0 Å². The van der Waals surface area contributed by atoms with Crippen molar-refractivity contribution in [2.75, 3.05) is 6.54 Å². The van der Waals surface area contributed by atoms with Gasteiger partial charge in [0, 0.05) is 31.3 Å². The maximum atomic E-state index is 12.1. The fraction of sp³-hybridized carbons (Fsp3) is 0.857. The molecule has 1 amide bonds. The number of hydrogen-bond donors (Lipinski definition) is 0. The van der Waals surface area contributed by atoms with Crippen LogP contribution in [0.25, 0.3) is 0 Å². The summed E-state index contributed by atoms with van der Waals surface area (Å²) in [6.45, 7) is 8.97. The number of hydrogen-bond acceptors (Lipinski definition) is 2. The second kappa shape index (κ2) is 6.18. The molecule has 1 rings (SSSR count). The first-order chi connectivity index (χ1) is 7.97. The molecule has 0 saturated carbocycles. The van der Waals surface area contributed by atoms with Crippen molar-refractivity contribution >= 4 is 11.7 Å². The Kier molecular flexibility index (Phi) is 5.16. The Morgan fingerprint density at radius 2 is 2.12 bits per heavy atom. The van der Waals surface area contributed by atoms with E-state index in [-0.39, 0.29) is 11.8 Å². The number of likely N-dealkylation sites (tertiary alicyclic amines) is 1. The van der Waals surface area contributed by atoms with Crippen molar-refractivity contribution in [2.45, 2.75) is 59.4 Å². The summed E-state index contributed by atoms with van der Waals surface area (Å²) in [5.41, 5.74) is 0. The molecule has 1 saturated heterocycles. The van der Waals surface area contributed by atoms with Crippen molar-refractivity contribution in [3.8, 4) is 0 Å². The topological polar surface area (TPSA) is 37.4 Å². The Morgan fingerprint density at radius 1 is 1.47 bits per heavy atom. The number of nitrogens with zero attached hydrogens (tertiary/aromatic N) is 1. The highest BCUT2D eigenvalue weighted by Crippen LogP contribution is 2.30. The highest BCUT2D eigenvalue weighted by molar-refractivity contribution is 5.82. The van der Waals surface area contributed by atoms with Gasteiger partial charge < -0.3 is 4.90 Å². The van der Waals surface area contributed by atoms with Gasteiger partial charge in [0.15, 0.2) is 0 Å². The van der Waals surface area contributed by atoms with Crippen LogP contribution in [0.5, 0.6) is 0 Å². The van der Waals surface area contributed by atoms with E-state index in [9.17, 15) is 9.59 Å². The molecule has 0 bridgehead atoms. The molecule has 1 fully saturated rings. The average Bonchev–Trinajstić information content (AvgIpc) is 2.56. The van der Waals surface area contributed by atoms with Crippen LogP contribution in [-0.2, 0) is 9.59 Å². The van der Waals surface area contributed by atoms with Crippen molar-refractivity contribution in [2.24, 2.45) is 11.8 Å². The molecule has 1 aliphatic rings. The number of carbonyl (C=O) groups excluding carboxylic acids is 2. The Bertz CT molecular complexity index is 286. The van der Waals surface area contributed by atoms with E-state index in [4.69, 9.17) is 0 Å². The van der Waals surface area contributed by atoms with E-state index < -0.39 is 0 Å². The lowest BCUT2D eigenvalue weighted by Crippen LogP contribution is -2.34. The van der Waals surface area contributed by atoms with Gasteiger partial charge in [0.2, 0.25) is 5.91 Å². The smallest absolute Gasteiger partial charge is 0.226 e. The number of Topliss-reactive ketones (excluding diaryl/α,β-unsaturated/α-hetero) is 1. The largest absolute Gasteiger partial charge is 0.340 e. The maximum Gasteiger partial charge on any atom is 0.226 e. The molecule has 2 atom stereocenters. The van der Waals surface area contributed by atoms with Gasteiger partial charge in [-0.3, -0.25) is 9.59 Å². The van der Waals surface area contributed by atoms with Gasteiger partial charge in [-0.15, -0.1) is 0 Å². The molecule has 3 heteroatoms. The van der Waals surface area contributed by atoms with Crippen molar-refractivity contribution in [1.29, 1.82) is 0 Å². The van der Waals surface area contributed by atoms with E-state index in [1.165, 1.54) is 0 Å². The number of ketones is 1. The van der Waals surface area contributed by atoms with Gasteiger partial charge in [0.1, 0.15) is 5.78 Å². The van der Waals surface area contributed by atoms with Crippen molar-refractivity contribution in [1.82, 2.24) is 4.90 Å². The molecule has 1 aliphatic heterocycles. The summed E-state index contributed by atoms with van der Waals surface area (Å²) < 4.78 is 0. The highest BCUT2D eigenvalue weighted by atomic mass is 16.2. The molecule has 17 heavy (non-hydrogen) atoms. The van der Waals surface area contributed by atoms with Crippen LogP contribution >= 0.6 is 0 Å². The van der Waals surface area contributed by atoms with Crippen LogP contribution in [0.4, 0.5) is 0 Å². The SMILES string of the molecule is CCC(=O)CCCN1C(=O)C(C(C)C)CC1C. The molecule has 1 heterocycles. The normalized spacial score (nSPS) is 24.8. The Hall–Kier alpha value is -0.860. The van der Waals surface area contributed by atoms with Gasteiger partial charge in [0.25, 0.3) is 0 Å². The number of rotatable bonds is 6. The summed E-state index contributed by atoms with van der Waals surface area (Å²) in [5.74, 6) is 1.19. The Morgan fingerprint density at radius 3 is 2.59 bits per heavy atom. The first-order valence-corrected chi connectivity index (χ1v) is 6.79. The van der Waals surface area contributed by atoms with Crippen LogP contribution in [0.15, 0.2) is 0 Å². The van der Waals surface area contributed by atoms with Crippen LogP contribution in [0.2, 0.25) is 0 Å². The predicted molar refractivity (Wildman–Crippen MR) is 68.7 cm³/mol. The third-order valence-corrected chi connectivity index (χ3v) is 3.78. The summed E-state index contributed by atoms with van der Waals surface area (Å²) in [6.07, 6.45) is 3.00. The second-order valence-electron chi connectivity index (χ2n) is 5.46. The zero-order chi connectivity index (χ0) is 13.0. The first-order valence-electron chi connectivity index (χ1n) is 6.79. The number of carbonyl (C=O) groups is 2. The molecule has 2 unspecified atom stereocenters. The zero-order valence-electron chi connectivity index (χ0n) is 11.5. The van der Waals surface area contributed by atoms with E-state index >= 15 is 0 Å². The molecule has 3 nitrogen and oxygen atoms in total. The fourth-order valence-corrected chi connectivity index (χ4v) is 2.54.